The maximum atomic E-state index is 11.5. The predicted octanol–water partition coefficient (Wildman–Crippen LogP) is 0.735. The van der Waals surface area contributed by atoms with E-state index < -0.39 is 11.9 Å². The maximum Gasteiger partial charge on any atom is 0.308 e. The molecule has 1 aliphatic rings. The number of carboxylic acids is 1. The summed E-state index contributed by atoms with van der Waals surface area (Å²) in [6, 6.07) is 0. The smallest absolute Gasteiger partial charge is 0.308 e. The van der Waals surface area contributed by atoms with Crippen LogP contribution in [0.2, 0.25) is 0 Å². The lowest BCUT2D eigenvalue weighted by atomic mass is 10.1. The van der Waals surface area contributed by atoms with Crippen molar-refractivity contribution in [2.24, 2.45) is 5.92 Å². The first kappa shape index (κ1) is 13.0. The van der Waals surface area contributed by atoms with E-state index in [1.807, 2.05) is 20.8 Å². The van der Waals surface area contributed by atoms with Gasteiger partial charge < -0.3 is 14.7 Å². The molecule has 0 bridgehead atoms. The molecule has 0 radical (unpaired) electrons. The van der Waals surface area contributed by atoms with Gasteiger partial charge in [-0.25, -0.2) is 0 Å². The average molecular weight is 229 g/mol. The van der Waals surface area contributed by atoms with Gasteiger partial charge in [0.2, 0.25) is 5.91 Å². The van der Waals surface area contributed by atoms with E-state index in [0.29, 0.717) is 19.7 Å². The van der Waals surface area contributed by atoms with Gasteiger partial charge in [0.1, 0.15) is 0 Å². The Balaban J connectivity index is 2.34. The largest absolute Gasteiger partial charge is 0.481 e. The average Bonchev–Trinajstić information content (AvgIpc) is 2.46. The lowest BCUT2D eigenvalue weighted by molar-refractivity contribution is -0.141. The zero-order valence-corrected chi connectivity index (χ0v) is 10.0. The number of carboxylic acid groups (broad SMARTS) is 1. The van der Waals surface area contributed by atoms with Crippen molar-refractivity contribution >= 4 is 11.9 Å². The molecule has 1 amide bonds. The van der Waals surface area contributed by atoms with E-state index in [1.165, 1.54) is 0 Å². The number of carbonyl (C=O) groups is 2. The summed E-state index contributed by atoms with van der Waals surface area (Å²) < 4.78 is 5.49. The molecule has 1 unspecified atom stereocenters. The van der Waals surface area contributed by atoms with Crippen LogP contribution in [0.5, 0.6) is 0 Å². The van der Waals surface area contributed by atoms with Gasteiger partial charge in [-0.05, 0) is 20.8 Å². The molecule has 1 aliphatic heterocycles. The Morgan fingerprint density at radius 2 is 2.19 bits per heavy atom. The molecule has 0 aromatic rings. The minimum Gasteiger partial charge on any atom is -0.481 e. The van der Waals surface area contributed by atoms with Crippen molar-refractivity contribution in [1.82, 2.24) is 4.90 Å². The SMILES string of the molecule is CC(C)(C)OCCN1CC(C(=O)O)CC1=O. The Labute approximate surface area is 95.4 Å². The number of hydrogen-bond donors (Lipinski definition) is 1. The molecular formula is C11H19NO4. The minimum absolute atomic E-state index is 0.0927. The summed E-state index contributed by atoms with van der Waals surface area (Å²) >= 11 is 0. The van der Waals surface area contributed by atoms with Gasteiger partial charge in [0.05, 0.1) is 18.1 Å². The van der Waals surface area contributed by atoms with Gasteiger partial charge in [0.15, 0.2) is 0 Å². The van der Waals surface area contributed by atoms with Crippen LogP contribution >= 0.6 is 0 Å². The fourth-order valence-electron chi connectivity index (χ4n) is 1.62. The normalized spacial score (nSPS) is 21.6. The zero-order chi connectivity index (χ0) is 12.3. The molecule has 1 rings (SSSR count). The van der Waals surface area contributed by atoms with Crippen LogP contribution < -0.4 is 0 Å². The summed E-state index contributed by atoms with van der Waals surface area (Å²) in [7, 11) is 0. The van der Waals surface area contributed by atoms with Gasteiger partial charge in [-0.3, -0.25) is 9.59 Å². The molecule has 5 heteroatoms. The quantitative estimate of drug-likeness (QED) is 0.772. The van der Waals surface area contributed by atoms with E-state index in [0.717, 1.165) is 0 Å². The first-order valence-electron chi connectivity index (χ1n) is 5.44. The van der Waals surface area contributed by atoms with Crippen LogP contribution in [-0.4, -0.2) is 47.2 Å². The Hall–Kier alpha value is -1.10. The van der Waals surface area contributed by atoms with Crippen molar-refractivity contribution in [3.05, 3.63) is 0 Å². The summed E-state index contributed by atoms with van der Waals surface area (Å²) in [5.74, 6) is -1.54. The van der Waals surface area contributed by atoms with E-state index in [-0.39, 0.29) is 17.9 Å². The van der Waals surface area contributed by atoms with Gasteiger partial charge in [-0.1, -0.05) is 0 Å². The lowest BCUT2D eigenvalue weighted by Crippen LogP contribution is -2.32. The topological polar surface area (TPSA) is 66.8 Å². The standard InChI is InChI=1S/C11H19NO4/c1-11(2,3)16-5-4-12-7-8(10(14)15)6-9(12)13/h8H,4-7H2,1-3H3,(H,14,15). The molecule has 0 aliphatic carbocycles. The third-order valence-corrected chi connectivity index (χ3v) is 2.46. The molecule has 16 heavy (non-hydrogen) atoms. The second-order valence-electron chi connectivity index (χ2n) is 5.04. The van der Waals surface area contributed by atoms with Crippen molar-refractivity contribution in [2.75, 3.05) is 19.7 Å². The molecule has 0 aromatic heterocycles. The van der Waals surface area contributed by atoms with E-state index in [9.17, 15) is 9.59 Å². The third kappa shape index (κ3) is 3.81. The molecule has 1 saturated heterocycles. The van der Waals surface area contributed by atoms with Crippen LogP contribution in [0.25, 0.3) is 0 Å². The Morgan fingerprint density at radius 3 is 2.62 bits per heavy atom. The highest BCUT2D eigenvalue weighted by atomic mass is 16.5. The van der Waals surface area contributed by atoms with Gasteiger partial charge in [0, 0.05) is 19.5 Å². The summed E-state index contributed by atoms with van der Waals surface area (Å²) in [6.45, 7) is 7.06. The minimum atomic E-state index is -0.896. The van der Waals surface area contributed by atoms with Crippen LogP contribution in [0, 0.1) is 5.92 Å². The van der Waals surface area contributed by atoms with Crippen LogP contribution in [-0.2, 0) is 14.3 Å². The second kappa shape index (κ2) is 4.82. The Kier molecular flexibility index (Phi) is 3.91. The van der Waals surface area contributed by atoms with Gasteiger partial charge in [0.25, 0.3) is 0 Å². The van der Waals surface area contributed by atoms with Crippen LogP contribution in [0.3, 0.4) is 0 Å². The van der Waals surface area contributed by atoms with Gasteiger partial charge in [-0.15, -0.1) is 0 Å². The molecule has 1 fully saturated rings. The second-order valence-corrected chi connectivity index (χ2v) is 5.04. The highest BCUT2D eigenvalue weighted by Crippen LogP contribution is 2.17. The molecule has 0 saturated carbocycles. The maximum absolute atomic E-state index is 11.5. The number of rotatable bonds is 4. The lowest BCUT2D eigenvalue weighted by Gasteiger charge is -2.22. The number of amides is 1. The van der Waals surface area contributed by atoms with E-state index in [1.54, 1.807) is 4.90 Å². The summed E-state index contributed by atoms with van der Waals surface area (Å²) in [5.41, 5.74) is -0.227. The third-order valence-electron chi connectivity index (χ3n) is 2.46. The molecular weight excluding hydrogens is 210 g/mol. The van der Waals surface area contributed by atoms with Crippen LogP contribution in [0.15, 0.2) is 0 Å². The van der Waals surface area contributed by atoms with E-state index in [4.69, 9.17) is 9.84 Å². The van der Waals surface area contributed by atoms with Crippen molar-refractivity contribution < 1.29 is 19.4 Å². The van der Waals surface area contributed by atoms with Crippen molar-refractivity contribution in [3.8, 4) is 0 Å². The molecule has 0 spiro atoms. The highest BCUT2D eigenvalue weighted by molar-refractivity contribution is 5.86. The molecule has 1 N–H and O–H groups in total. The van der Waals surface area contributed by atoms with Crippen molar-refractivity contribution in [2.45, 2.75) is 32.8 Å². The number of likely N-dealkylation sites (tertiary alicyclic amines) is 1. The van der Waals surface area contributed by atoms with E-state index >= 15 is 0 Å². The van der Waals surface area contributed by atoms with Crippen molar-refractivity contribution in [1.29, 1.82) is 0 Å². The first-order chi connectivity index (χ1) is 7.29. The van der Waals surface area contributed by atoms with Crippen molar-refractivity contribution in [3.63, 3.8) is 0 Å². The monoisotopic (exact) mass is 229 g/mol. The van der Waals surface area contributed by atoms with Crippen LogP contribution in [0.1, 0.15) is 27.2 Å². The summed E-state index contributed by atoms with van der Waals surface area (Å²) in [5, 5.41) is 8.79. The zero-order valence-electron chi connectivity index (χ0n) is 10.0. The fourth-order valence-corrected chi connectivity index (χ4v) is 1.62. The Morgan fingerprint density at radius 1 is 1.56 bits per heavy atom. The van der Waals surface area contributed by atoms with E-state index in [2.05, 4.69) is 0 Å². The Bertz CT molecular complexity index is 282. The summed E-state index contributed by atoms with van der Waals surface area (Å²) in [6.07, 6.45) is 0.116. The van der Waals surface area contributed by atoms with Gasteiger partial charge >= 0.3 is 5.97 Å². The predicted molar refractivity (Wildman–Crippen MR) is 58.0 cm³/mol. The van der Waals surface area contributed by atoms with Crippen LogP contribution in [0.4, 0.5) is 0 Å². The molecule has 0 aromatic carbocycles. The molecule has 92 valence electrons. The molecule has 5 nitrogen and oxygen atoms in total. The number of hydrogen-bond acceptors (Lipinski definition) is 3. The number of aliphatic carboxylic acids is 1. The molecule has 1 heterocycles. The first-order valence-corrected chi connectivity index (χ1v) is 5.44. The molecule has 1 atom stereocenters. The van der Waals surface area contributed by atoms with Gasteiger partial charge in [-0.2, -0.15) is 0 Å². The number of ether oxygens (including phenoxy) is 1. The highest BCUT2D eigenvalue weighted by Gasteiger charge is 2.33. The summed E-state index contributed by atoms with van der Waals surface area (Å²) in [4.78, 5) is 23.7. The fraction of sp³-hybridized carbons (Fsp3) is 0.818. The number of carbonyl (C=O) groups excluding carboxylic acids is 1. The number of nitrogens with zero attached hydrogens (tertiary/aromatic N) is 1.